The van der Waals surface area contributed by atoms with Crippen LogP contribution in [0.3, 0.4) is 0 Å². The number of thioether (sulfide) groups is 1. The van der Waals surface area contributed by atoms with Gasteiger partial charge in [0.2, 0.25) is 15.9 Å². The summed E-state index contributed by atoms with van der Waals surface area (Å²) in [5, 5.41) is 2.82. The maximum absolute atomic E-state index is 12.9. The molecule has 2 rings (SSSR count). The molecule has 28 heavy (non-hydrogen) atoms. The smallest absolute Gasteiger partial charge is 0.241 e. The van der Waals surface area contributed by atoms with Gasteiger partial charge in [-0.05, 0) is 48.9 Å². The molecular formula is C21H28N2O3S2. The van der Waals surface area contributed by atoms with E-state index in [-0.39, 0.29) is 22.8 Å². The summed E-state index contributed by atoms with van der Waals surface area (Å²) in [4.78, 5) is 13.0. The molecule has 0 saturated heterocycles. The van der Waals surface area contributed by atoms with Crippen LogP contribution in [0.25, 0.3) is 0 Å². The third-order valence-corrected chi connectivity index (χ3v) is 6.82. The second-order valence-electron chi connectivity index (χ2n) is 6.94. The molecule has 5 nitrogen and oxygen atoms in total. The molecule has 0 aliphatic rings. The van der Waals surface area contributed by atoms with Crippen molar-refractivity contribution < 1.29 is 13.2 Å². The Kier molecular flexibility index (Phi) is 7.69. The molecule has 0 aliphatic heterocycles. The van der Waals surface area contributed by atoms with E-state index in [0.29, 0.717) is 5.69 Å². The number of aryl methyl sites for hydroxylation is 1. The van der Waals surface area contributed by atoms with Gasteiger partial charge >= 0.3 is 0 Å². The van der Waals surface area contributed by atoms with Gasteiger partial charge in [0.05, 0.1) is 10.6 Å². The molecule has 2 N–H and O–H groups in total. The van der Waals surface area contributed by atoms with E-state index in [2.05, 4.69) is 17.0 Å². The molecule has 2 aromatic rings. The van der Waals surface area contributed by atoms with Crippen molar-refractivity contribution in [1.29, 1.82) is 0 Å². The molecule has 0 unspecified atom stereocenters. The molecule has 152 valence electrons. The van der Waals surface area contributed by atoms with Crippen molar-refractivity contribution in [3.63, 3.8) is 0 Å². The Morgan fingerprint density at radius 2 is 1.71 bits per heavy atom. The van der Waals surface area contributed by atoms with Crippen LogP contribution in [-0.2, 0) is 21.2 Å². The first-order valence-electron chi connectivity index (χ1n) is 9.28. The van der Waals surface area contributed by atoms with Crippen molar-refractivity contribution in [2.75, 3.05) is 11.6 Å². The Morgan fingerprint density at radius 1 is 1.07 bits per heavy atom. The zero-order chi connectivity index (χ0) is 20.9. The second-order valence-corrected chi connectivity index (χ2v) is 9.51. The largest absolute Gasteiger partial charge is 0.325 e. The molecule has 1 amide bonds. The van der Waals surface area contributed by atoms with E-state index in [0.717, 1.165) is 16.9 Å². The number of carbonyl (C=O) groups is 1. The summed E-state index contributed by atoms with van der Waals surface area (Å²) in [5.74, 6) is -0.346. The van der Waals surface area contributed by atoms with Gasteiger partial charge in [-0.15, -0.1) is 11.8 Å². The molecule has 0 saturated carbocycles. The molecule has 0 fully saturated rings. The van der Waals surface area contributed by atoms with Crippen LogP contribution in [0.2, 0.25) is 0 Å². The van der Waals surface area contributed by atoms with Gasteiger partial charge in [-0.3, -0.25) is 4.79 Å². The fourth-order valence-electron chi connectivity index (χ4n) is 2.64. The van der Waals surface area contributed by atoms with Crippen molar-refractivity contribution in [3.8, 4) is 0 Å². The van der Waals surface area contributed by atoms with Gasteiger partial charge in [0.15, 0.2) is 0 Å². The Labute approximate surface area is 172 Å². The zero-order valence-electron chi connectivity index (χ0n) is 16.9. The predicted molar refractivity (Wildman–Crippen MR) is 116 cm³/mol. The molecule has 0 aromatic heterocycles. The van der Waals surface area contributed by atoms with Crippen molar-refractivity contribution in [2.45, 2.75) is 49.9 Å². The van der Waals surface area contributed by atoms with Crippen molar-refractivity contribution in [2.24, 2.45) is 5.92 Å². The molecule has 0 bridgehead atoms. The van der Waals surface area contributed by atoms with Crippen LogP contribution < -0.4 is 10.0 Å². The highest BCUT2D eigenvalue weighted by molar-refractivity contribution is 7.98. The molecule has 0 heterocycles. The van der Waals surface area contributed by atoms with E-state index >= 15 is 0 Å². The third-order valence-electron chi connectivity index (χ3n) is 4.48. The van der Waals surface area contributed by atoms with Crippen molar-refractivity contribution >= 4 is 33.4 Å². The Morgan fingerprint density at radius 3 is 2.25 bits per heavy atom. The van der Waals surface area contributed by atoms with Crippen LogP contribution in [0.4, 0.5) is 5.69 Å². The predicted octanol–water partition coefficient (Wildman–Crippen LogP) is 4.60. The Balaban J connectivity index is 2.27. The lowest BCUT2D eigenvalue weighted by atomic mass is 10.1. The highest BCUT2D eigenvalue weighted by Gasteiger charge is 2.20. The maximum atomic E-state index is 12.9. The number of amides is 1. The van der Waals surface area contributed by atoms with Gasteiger partial charge < -0.3 is 5.32 Å². The van der Waals surface area contributed by atoms with Crippen LogP contribution in [0, 0.1) is 5.92 Å². The highest BCUT2D eigenvalue weighted by atomic mass is 32.2. The minimum atomic E-state index is -3.74. The summed E-state index contributed by atoms with van der Waals surface area (Å²) in [6, 6.07) is 12.3. The summed E-state index contributed by atoms with van der Waals surface area (Å²) in [6.07, 6.45) is 2.82. The van der Waals surface area contributed by atoms with E-state index < -0.39 is 10.0 Å². The average Bonchev–Trinajstić information content (AvgIpc) is 2.67. The second kappa shape index (κ2) is 9.58. The lowest BCUT2D eigenvalue weighted by Crippen LogP contribution is -2.27. The molecule has 0 spiro atoms. The van der Waals surface area contributed by atoms with Gasteiger partial charge in [-0.1, -0.05) is 45.0 Å². The Bertz CT molecular complexity index is 923. The number of hydrogen-bond acceptors (Lipinski definition) is 4. The van der Waals surface area contributed by atoms with Gasteiger partial charge in [-0.2, -0.15) is 0 Å². The Hall–Kier alpha value is -1.83. The number of sulfonamides is 1. The quantitative estimate of drug-likeness (QED) is 0.612. The maximum Gasteiger partial charge on any atom is 0.241 e. The monoisotopic (exact) mass is 420 g/mol. The van der Waals surface area contributed by atoms with Gasteiger partial charge in [0.25, 0.3) is 0 Å². The van der Waals surface area contributed by atoms with E-state index in [9.17, 15) is 13.2 Å². The minimum absolute atomic E-state index is 0.126. The van der Waals surface area contributed by atoms with Crippen LogP contribution in [0.15, 0.2) is 52.3 Å². The van der Waals surface area contributed by atoms with E-state index in [1.54, 1.807) is 26.0 Å². The van der Waals surface area contributed by atoms with Gasteiger partial charge in [0.1, 0.15) is 0 Å². The van der Waals surface area contributed by atoms with E-state index in [4.69, 9.17) is 0 Å². The SMILES string of the molecule is CCc1ccc([C@H](C)NS(=O)(=O)c2ccc(SC)c(NC(=O)C(C)C)c2)cc1. The fourth-order valence-corrected chi connectivity index (χ4v) is 4.43. The zero-order valence-corrected chi connectivity index (χ0v) is 18.6. The minimum Gasteiger partial charge on any atom is -0.325 e. The number of carbonyl (C=O) groups excluding carboxylic acids is 1. The standard InChI is InChI=1S/C21H28N2O3S2/c1-6-16-7-9-17(10-8-16)15(4)23-28(25,26)18-11-12-20(27-5)19(13-18)22-21(24)14(2)3/h7-15,23H,6H2,1-5H3,(H,22,24)/t15-/m0/s1. The molecular weight excluding hydrogens is 392 g/mol. The van der Waals surface area contributed by atoms with Gasteiger partial charge in [0, 0.05) is 16.9 Å². The highest BCUT2D eigenvalue weighted by Crippen LogP contribution is 2.29. The first-order valence-corrected chi connectivity index (χ1v) is 12.0. The first-order chi connectivity index (χ1) is 13.2. The summed E-state index contributed by atoms with van der Waals surface area (Å²) < 4.78 is 28.5. The number of benzene rings is 2. The number of anilines is 1. The molecule has 0 aliphatic carbocycles. The first kappa shape index (κ1) is 22.5. The summed E-state index contributed by atoms with van der Waals surface area (Å²) in [6.45, 7) is 7.48. The van der Waals surface area contributed by atoms with E-state index in [1.807, 2.05) is 37.4 Å². The topological polar surface area (TPSA) is 75.3 Å². The number of hydrogen-bond donors (Lipinski definition) is 2. The molecule has 2 aromatic carbocycles. The van der Waals surface area contributed by atoms with E-state index in [1.165, 1.54) is 23.4 Å². The van der Waals surface area contributed by atoms with Crippen molar-refractivity contribution in [3.05, 3.63) is 53.6 Å². The average molecular weight is 421 g/mol. The molecule has 0 radical (unpaired) electrons. The van der Waals surface area contributed by atoms with Gasteiger partial charge in [-0.25, -0.2) is 13.1 Å². The van der Waals surface area contributed by atoms with Crippen LogP contribution in [0.1, 0.15) is 44.9 Å². The molecule has 7 heteroatoms. The van der Waals surface area contributed by atoms with Crippen molar-refractivity contribution in [1.82, 2.24) is 4.72 Å². The fraction of sp³-hybridized carbons (Fsp3) is 0.381. The molecule has 1 atom stereocenters. The summed E-state index contributed by atoms with van der Waals surface area (Å²) in [7, 11) is -3.74. The lowest BCUT2D eigenvalue weighted by molar-refractivity contribution is -0.118. The summed E-state index contributed by atoms with van der Waals surface area (Å²) in [5.41, 5.74) is 2.61. The normalized spacial score (nSPS) is 12.8. The van der Waals surface area contributed by atoms with Crippen LogP contribution in [0.5, 0.6) is 0 Å². The number of rotatable bonds is 8. The number of nitrogens with one attached hydrogen (secondary N) is 2. The third kappa shape index (κ3) is 5.59. The van der Waals surface area contributed by atoms with Crippen LogP contribution >= 0.6 is 11.8 Å². The lowest BCUT2D eigenvalue weighted by Gasteiger charge is -2.17. The van der Waals surface area contributed by atoms with Crippen LogP contribution in [-0.4, -0.2) is 20.6 Å². The summed E-state index contributed by atoms with van der Waals surface area (Å²) >= 11 is 1.45.